The van der Waals surface area contributed by atoms with Gasteiger partial charge in [-0.15, -0.1) is 11.3 Å². The maximum absolute atomic E-state index is 12.0. The molecule has 1 aliphatic carbocycles. The maximum Gasteiger partial charge on any atom is 0.323 e. The molecular weight excluding hydrogens is 330 g/mol. The van der Waals surface area contributed by atoms with Gasteiger partial charge in [0.15, 0.2) is 0 Å². The third-order valence-electron chi connectivity index (χ3n) is 4.22. The third kappa shape index (κ3) is 3.72. The summed E-state index contributed by atoms with van der Waals surface area (Å²) in [6, 6.07) is 17.0. The first kappa shape index (κ1) is 15.8. The molecule has 1 fully saturated rings. The van der Waals surface area contributed by atoms with Crippen LogP contribution >= 0.6 is 11.3 Å². The number of anilines is 2. The van der Waals surface area contributed by atoms with E-state index in [0.717, 1.165) is 21.8 Å². The molecule has 25 heavy (non-hydrogen) atoms. The standard InChI is InChI=1S/C20H18N3OS/c24-20(22-16-7-2-1-3-8-16)23-17-11-9-14(10-12-17)18-13-21-19(25-18)15-5-4-6-15/h1-3,7-13H,4-6H2,(H2,22,23,24). The van der Waals surface area contributed by atoms with Crippen molar-refractivity contribution < 1.29 is 4.79 Å². The highest BCUT2D eigenvalue weighted by Crippen LogP contribution is 2.39. The van der Waals surface area contributed by atoms with E-state index in [1.807, 2.05) is 60.8 Å². The summed E-state index contributed by atoms with van der Waals surface area (Å²) in [5.74, 6) is 1.48. The Morgan fingerprint density at radius 2 is 1.60 bits per heavy atom. The number of carbonyl (C=O) groups excluding carboxylic acids is 1. The highest BCUT2D eigenvalue weighted by molar-refractivity contribution is 7.15. The van der Waals surface area contributed by atoms with E-state index in [0.29, 0.717) is 0 Å². The van der Waals surface area contributed by atoms with Gasteiger partial charge in [0.25, 0.3) is 0 Å². The van der Waals surface area contributed by atoms with E-state index in [1.54, 1.807) is 11.3 Å². The molecule has 1 heterocycles. The SMILES string of the molecule is O=C(Nc1ccccc1)Nc1ccc(-c2cnc([C]3CCC3)s2)cc1. The molecule has 4 rings (SSSR count). The Morgan fingerprint density at radius 1 is 0.920 bits per heavy atom. The van der Waals surface area contributed by atoms with Crippen LogP contribution in [0.2, 0.25) is 0 Å². The summed E-state index contributed by atoms with van der Waals surface area (Å²) in [5.41, 5.74) is 2.65. The molecule has 0 atom stereocenters. The zero-order valence-corrected chi connectivity index (χ0v) is 14.5. The van der Waals surface area contributed by atoms with E-state index in [4.69, 9.17) is 0 Å². The summed E-state index contributed by atoms with van der Waals surface area (Å²) in [7, 11) is 0. The molecule has 2 N–H and O–H groups in total. The maximum atomic E-state index is 12.0. The molecule has 0 spiro atoms. The molecule has 1 aromatic heterocycles. The largest absolute Gasteiger partial charge is 0.323 e. The summed E-state index contributed by atoms with van der Waals surface area (Å²) < 4.78 is 0. The smallest absolute Gasteiger partial charge is 0.308 e. The number of hydrogen-bond donors (Lipinski definition) is 2. The van der Waals surface area contributed by atoms with E-state index in [-0.39, 0.29) is 6.03 Å². The molecule has 1 saturated carbocycles. The Balaban J connectivity index is 1.39. The van der Waals surface area contributed by atoms with Gasteiger partial charge in [0.1, 0.15) is 5.01 Å². The van der Waals surface area contributed by atoms with E-state index in [2.05, 4.69) is 15.6 Å². The molecule has 1 aliphatic rings. The lowest BCUT2D eigenvalue weighted by molar-refractivity contribution is 0.262. The van der Waals surface area contributed by atoms with Crippen LogP contribution in [-0.4, -0.2) is 11.0 Å². The van der Waals surface area contributed by atoms with Crippen LogP contribution in [0.1, 0.15) is 24.3 Å². The van der Waals surface area contributed by atoms with Crippen LogP contribution < -0.4 is 10.6 Å². The molecule has 3 aromatic rings. The molecule has 2 aromatic carbocycles. The lowest BCUT2D eigenvalue weighted by atomic mass is 9.86. The number of nitrogens with one attached hydrogen (secondary N) is 2. The third-order valence-corrected chi connectivity index (χ3v) is 5.37. The molecule has 0 bridgehead atoms. The van der Waals surface area contributed by atoms with Gasteiger partial charge in [0.2, 0.25) is 0 Å². The zero-order chi connectivity index (χ0) is 17.1. The van der Waals surface area contributed by atoms with Crippen LogP contribution in [0.3, 0.4) is 0 Å². The predicted molar refractivity (Wildman–Crippen MR) is 103 cm³/mol. The Bertz CT molecular complexity index is 854. The minimum atomic E-state index is -0.250. The Morgan fingerprint density at radius 3 is 2.24 bits per heavy atom. The quantitative estimate of drug-likeness (QED) is 0.648. The van der Waals surface area contributed by atoms with Crippen molar-refractivity contribution in [2.45, 2.75) is 19.3 Å². The summed E-state index contributed by atoms with van der Waals surface area (Å²) >= 11 is 1.74. The number of hydrogen-bond acceptors (Lipinski definition) is 3. The molecule has 2 amide bonds. The molecule has 0 saturated heterocycles. The average Bonchev–Trinajstić information content (AvgIpc) is 3.04. The van der Waals surface area contributed by atoms with E-state index in [9.17, 15) is 4.79 Å². The zero-order valence-electron chi connectivity index (χ0n) is 13.7. The van der Waals surface area contributed by atoms with Crippen LogP contribution in [0.15, 0.2) is 60.8 Å². The van der Waals surface area contributed by atoms with Crippen LogP contribution in [0.25, 0.3) is 10.4 Å². The molecule has 4 nitrogen and oxygen atoms in total. The Labute approximate surface area is 150 Å². The number of rotatable bonds is 4. The number of thiazole rings is 1. The topological polar surface area (TPSA) is 54.0 Å². The highest BCUT2D eigenvalue weighted by atomic mass is 32.1. The number of amides is 2. The van der Waals surface area contributed by atoms with Crippen molar-refractivity contribution in [2.24, 2.45) is 0 Å². The second kappa shape index (κ2) is 7.07. The first-order valence-corrected chi connectivity index (χ1v) is 9.14. The van der Waals surface area contributed by atoms with Gasteiger partial charge in [0.05, 0.1) is 4.88 Å². The first-order chi connectivity index (χ1) is 12.3. The van der Waals surface area contributed by atoms with Crippen molar-refractivity contribution in [1.82, 2.24) is 4.98 Å². The van der Waals surface area contributed by atoms with Crippen LogP contribution in [-0.2, 0) is 0 Å². The number of nitrogens with zero attached hydrogens (tertiary/aromatic N) is 1. The highest BCUT2D eigenvalue weighted by Gasteiger charge is 2.23. The fourth-order valence-corrected chi connectivity index (χ4v) is 3.69. The number of para-hydroxylation sites is 1. The molecule has 125 valence electrons. The average molecular weight is 348 g/mol. The van der Waals surface area contributed by atoms with Gasteiger partial charge >= 0.3 is 6.03 Å². The molecule has 1 radical (unpaired) electrons. The van der Waals surface area contributed by atoms with Gasteiger partial charge in [-0.25, -0.2) is 9.78 Å². The van der Waals surface area contributed by atoms with Crippen molar-refractivity contribution in [3.63, 3.8) is 0 Å². The monoisotopic (exact) mass is 348 g/mol. The fraction of sp³-hybridized carbons (Fsp3) is 0.150. The first-order valence-electron chi connectivity index (χ1n) is 8.32. The summed E-state index contributed by atoms with van der Waals surface area (Å²) in [4.78, 5) is 17.7. The lowest BCUT2D eigenvalue weighted by Crippen LogP contribution is -2.19. The van der Waals surface area contributed by atoms with E-state index >= 15 is 0 Å². The van der Waals surface area contributed by atoms with Crippen molar-refractivity contribution in [3.8, 4) is 10.4 Å². The Hall–Kier alpha value is -2.66. The van der Waals surface area contributed by atoms with E-state index in [1.165, 1.54) is 30.2 Å². The summed E-state index contributed by atoms with van der Waals surface area (Å²) in [6.45, 7) is 0. The number of urea groups is 1. The van der Waals surface area contributed by atoms with Crippen molar-refractivity contribution in [1.29, 1.82) is 0 Å². The predicted octanol–water partition coefficient (Wildman–Crippen LogP) is 5.56. The second-order valence-corrected chi connectivity index (χ2v) is 7.04. The Kier molecular flexibility index (Phi) is 4.48. The van der Waals surface area contributed by atoms with Crippen LogP contribution in [0.4, 0.5) is 16.2 Å². The molecular formula is C20H18N3OS. The minimum Gasteiger partial charge on any atom is -0.308 e. The van der Waals surface area contributed by atoms with Gasteiger partial charge in [0, 0.05) is 23.5 Å². The number of carbonyl (C=O) groups is 1. The van der Waals surface area contributed by atoms with Gasteiger partial charge < -0.3 is 10.6 Å². The lowest BCUT2D eigenvalue weighted by Gasteiger charge is -2.21. The minimum absolute atomic E-state index is 0.250. The van der Waals surface area contributed by atoms with Crippen molar-refractivity contribution in [2.75, 3.05) is 10.6 Å². The number of aromatic nitrogens is 1. The fourth-order valence-electron chi connectivity index (χ4n) is 2.67. The molecule has 5 heteroatoms. The molecule has 0 aliphatic heterocycles. The van der Waals surface area contributed by atoms with Crippen LogP contribution in [0.5, 0.6) is 0 Å². The van der Waals surface area contributed by atoms with E-state index < -0.39 is 0 Å². The van der Waals surface area contributed by atoms with Crippen molar-refractivity contribution >= 4 is 28.7 Å². The van der Waals surface area contributed by atoms with Gasteiger partial charge in [-0.3, -0.25) is 0 Å². The second-order valence-electron chi connectivity index (χ2n) is 6.01. The van der Waals surface area contributed by atoms with Crippen molar-refractivity contribution in [3.05, 3.63) is 71.7 Å². The number of benzene rings is 2. The van der Waals surface area contributed by atoms with Gasteiger partial charge in [-0.1, -0.05) is 36.8 Å². The summed E-state index contributed by atoms with van der Waals surface area (Å²) in [5, 5.41) is 6.82. The molecule has 0 unspecified atom stereocenters. The van der Waals surface area contributed by atoms with Gasteiger partial charge in [-0.2, -0.15) is 0 Å². The van der Waals surface area contributed by atoms with Gasteiger partial charge in [-0.05, 0) is 42.7 Å². The van der Waals surface area contributed by atoms with Crippen LogP contribution in [0, 0.1) is 5.92 Å². The normalized spacial score (nSPS) is 13.9. The summed E-state index contributed by atoms with van der Waals surface area (Å²) in [6.07, 6.45) is 5.60.